The molecule has 4 heterocycles. The van der Waals surface area contributed by atoms with Crippen LogP contribution in [0.4, 0.5) is 11.4 Å². The summed E-state index contributed by atoms with van der Waals surface area (Å²) in [5.74, 6) is -1.79. The van der Waals surface area contributed by atoms with Gasteiger partial charge < -0.3 is 10.2 Å². The maximum atomic E-state index is 14.6. The van der Waals surface area contributed by atoms with Gasteiger partial charge in [0.2, 0.25) is 5.91 Å². The van der Waals surface area contributed by atoms with Gasteiger partial charge in [0, 0.05) is 39.4 Å². The van der Waals surface area contributed by atoms with Crippen LogP contribution in [0.3, 0.4) is 0 Å². The molecule has 3 aliphatic heterocycles. The van der Waals surface area contributed by atoms with Gasteiger partial charge in [0.05, 0.1) is 12.0 Å². The summed E-state index contributed by atoms with van der Waals surface area (Å²) in [6.07, 6.45) is 7.08. The number of hydrogen-bond donors (Lipinski definition) is 1. The third-order valence-corrected chi connectivity index (χ3v) is 8.70. The minimum atomic E-state index is -1.33. The molecule has 6 nitrogen and oxygen atoms in total. The Labute approximate surface area is 233 Å². The molecule has 0 bridgehead atoms. The topological polar surface area (TPSA) is 79.4 Å². The van der Waals surface area contributed by atoms with Gasteiger partial charge in [-0.15, -0.1) is 0 Å². The van der Waals surface area contributed by atoms with Crippen LogP contribution in [-0.2, 0) is 10.2 Å². The molecular weight excluding hydrogens is 554 g/mol. The Kier molecular flexibility index (Phi) is 5.39. The van der Waals surface area contributed by atoms with Gasteiger partial charge in [-0.1, -0.05) is 76.6 Å². The molecule has 1 aromatic heterocycles. The van der Waals surface area contributed by atoms with Crippen molar-refractivity contribution in [2.24, 2.45) is 5.92 Å². The molecule has 4 aromatic rings. The summed E-state index contributed by atoms with van der Waals surface area (Å²) in [7, 11) is 0. The van der Waals surface area contributed by atoms with Crippen LogP contribution in [0.25, 0.3) is 6.08 Å². The molecule has 1 spiro atoms. The first kappa shape index (κ1) is 23.7. The van der Waals surface area contributed by atoms with Crippen molar-refractivity contribution in [1.29, 1.82) is 0 Å². The standard InChI is InChI=1S/C32H22BrN3O3/c33-22-14-11-20(12-15-22)30(38)28-27(29(37)21-7-5-17-34-18-21)32(23-8-2-3-9-24(23)35-31(32)39)26-16-13-19-6-1-4-10-25(19)36(26)28/h1-18,26-28H,(H,35,39)/t26-,27+,28-,32+/m0/s1. The van der Waals surface area contributed by atoms with Crippen molar-refractivity contribution in [2.75, 3.05) is 10.2 Å². The summed E-state index contributed by atoms with van der Waals surface area (Å²) >= 11 is 3.45. The van der Waals surface area contributed by atoms with Gasteiger partial charge in [-0.05, 0) is 47.5 Å². The van der Waals surface area contributed by atoms with Crippen LogP contribution in [0.1, 0.15) is 31.8 Å². The third-order valence-electron chi connectivity index (χ3n) is 8.17. The number of halogens is 1. The number of nitrogens with zero attached hydrogens (tertiary/aromatic N) is 2. The second-order valence-corrected chi connectivity index (χ2v) is 11.0. The number of hydrogen-bond acceptors (Lipinski definition) is 5. The van der Waals surface area contributed by atoms with E-state index in [0.717, 1.165) is 21.3 Å². The van der Waals surface area contributed by atoms with Crippen LogP contribution in [-0.4, -0.2) is 34.5 Å². The molecule has 0 saturated carbocycles. The highest BCUT2D eigenvalue weighted by Gasteiger charge is 2.70. The minimum absolute atomic E-state index is 0.214. The van der Waals surface area contributed by atoms with Crippen LogP contribution < -0.4 is 10.2 Å². The Bertz CT molecular complexity index is 1680. The van der Waals surface area contributed by atoms with Gasteiger partial charge in [0.25, 0.3) is 0 Å². The van der Waals surface area contributed by atoms with Crippen molar-refractivity contribution >= 4 is 50.9 Å². The van der Waals surface area contributed by atoms with Crippen LogP contribution in [0.2, 0.25) is 0 Å². The van der Waals surface area contributed by atoms with E-state index in [4.69, 9.17) is 0 Å². The molecular formula is C32H22BrN3O3. The predicted molar refractivity (Wildman–Crippen MR) is 153 cm³/mol. The fraction of sp³-hybridized carbons (Fsp3) is 0.125. The SMILES string of the molecule is O=C(c1ccc(Br)cc1)[C@@H]1[C@H](C(=O)c2cccnc2)[C@]2(C(=O)Nc3ccccc32)[C@@H]2C=Cc3ccccc3N12. The lowest BCUT2D eigenvalue weighted by atomic mass is 9.64. The van der Waals surface area contributed by atoms with E-state index in [1.165, 1.54) is 6.20 Å². The van der Waals surface area contributed by atoms with Gasteiger partial charge in [-0.2, -0.15) is 0 Å². The Hall–Kier alpha value is -4.36. The highest BCUT2D eigenvalue weighted by atomic mass is 79.9. The average molecular weight is 576 g/mol. The molecule has 0 radical (unpaired) electrons. The zero-order chi connectivity index (χ0) is 26.7. The lowest BCUT2D eigenvalue weighted by Gasteiger charge is -2.37. The molecule has 39 heavy (non-hydrogen) atoms. The van der Waals surface area contributed by atoms with E-state index in [9.17, 15) is 14.4 Å². The number of nitrogens with one attached hydrogen (secondary N) is 1. The molecule has 3 aliphatic rings. The van der Waals surface area contributed by atoms with Crippen LogP contribution in [0.5, 0.6) is 0 Å². The Morgan fingerprint density at radius 1 is 0.872 bits per heavy atom. The summed E-state index contributed by atoms with van der Waals surface area (Å²) in [5.41, 5.74) is 2.64. The molecule has 1 N–H and O–H groups in total. The number of aromatic nitrogens is 1. The maximum absolute atomic E-state index is 14.6. The van der Waals surface area contributed by atoms with Crippen molar-refractivity contribution in [1.82, 2.24) is 4.98 Å². The number of rotatable bonds is 4. The van der Waals surface area contributed by atoms with Gasteiger partial charge in [0.15, 0.2) is 11.6 Å². The van der Waals surface area contributed by atoms with E-state index in [0.29, 0.717) is 16.8 Å². The van der Waals surface area contributed by atoms with Crippen molar-refractivity contribution in [3.05, 3.63) is 130 Å². The zero-order valence-corrected chi connectivity index (χ0v) is 22.2. The van der Waals surface area contributed by atoms with E-state index < -0.39 is 23.4 Å². The van der Waals surface area contributed by atoms with E-state index in [1.54, 1.807) is 30.5 Å². The summed E-state index contributed by atoms with van der Waals surface area (Å²) in [6.45, 7) is 0. The number of pyridine rings is 1. The highest BCUT2D eigenvalue weighted by molar-refractivity contribution is 9.10. The molecule has 1 fully saturated rings. The number of amides is 1. The van der Waals surface area contributed by atoms with Crippen molar-refractivity contribution in [3.63, 3.8) is 0 Å². The number of anilines is 2. The first-order chi connectivity index (χ1) is 19.0. The summed E-state index contributed by atoms with van der Waals surface area (Å²) in [5, 5.41) is 3.05. The molecule has 190 valence electrons. The average Bonchev–Trinajstić information content (AvgIpc) is 3.45. The van der Waals surface area contributed by atoms with Crippen LogP contribution >= 0.6 is 15.9 Å². The fourth-order valence-corrected chi connectivity index (χ4v) is 6.86. The van der Waals surface area contributed by atoms with Gasteiger partial charge in [0.1, 0.15) is 11.5 Å². The Morgan fingerprint density at radius 3 is 2.44 bits per heavy atom. The molecule has 0 unspecified atom stereocenters. The van der Waals surface area contributed by atoms with Gasteiger partial charge in [-0.25, -0.2) is 0 Å². The number of carbonyl (C=O) groups is 3. The summed E-state index contributed by atoms with van der Waals surface area (Å²) < 4.78 is 0.846. The lowest BCUT2D eigenvalue weighted by molar-refractivity contribution is -0.121. The molecule has 1 amide bonds. The second-order valence-electron chi connectivity index (χ2n) is 10.0. The molecule has 7 rings (SSSR count). The normalized spacial score (nSPS) is 24.2. The highest BCUT2D eigenvalue weighted by Crippen LogP contribution is 2.58. The smallest absolute Gasteiger partial charge is 0.238 e. The number of Topliss-reactive ketones (excluding diaryl/α,β-unsaturated/α-hetero) is 2. The molecule has 1 saturated heterocycles. The maximum Gasteiger partial charge on any atom is 0.238 e. The quantitative estimate of drug-likeness (QED) is 0.316. The number of ketones is 2. The Balaban J connectivity index is 1.54. The lowest BCUT2D eigenvalue weighted by Crippen LogP contribution is -2.51. The van der Waals surface area contributed by atoms with Gasteiger partial charge >= 0.3 is 0 Å². The number of fused-ring (bicyclic) bond motifs is 6. The monoisotopic (exact) mass is 575 g/mol. The predicted octanol–water partition coefficient (Wildman–Crippen LogP) is 5.70. The van der Waals surface area contributed by atoms with Crippen molar-refractivity contribution in [2.45, 2.75) is 17.5 Å². The van der Waals surface area contributed by atoms with E-state index in [-0.39, 0.29) is 17.5 Å². The van der Waals surface area contributed by atoms with E-state index in [1.807, 2.05) is 77.7 Å². The zero-order valence-electron chi connectivity index (χ0n) is 20.6. The first-order valence-corrected chi connectivity index (χ1v) is 13.5. The number of benzene rings is 3. The molecule has 7 heteroatoms. The van der Waals surface area contributed by atoms with Crippen LogP contribution in [0, 0.1) is 5.92 Å². The summed E-state index contributed by atoms with van der Waals surface area (Å²) in [6, 6.07) is 24.3. The Morgan fingerprint density at radius 2 is 1.64 bits per heavy atom. The third kappa shape index (κ3) is 3.32. The number of para-hydroxylation sites is 2. The van der Waals surface area contributed by atoms with E-state index >= 15 is 0 Å². The summed E-state index contributed by atoms with van der Waals surface area (Å²) in [4.78, 5) is 49.6. The van der Waals surface area contributed by atoms with Crippen molar-refractivity contribution < 1.29 is 14.4 Å². The second kappa shape index (κ2) is 8.85. The fourth-order valence-electron chi connectivity index (χ4n) is 6.59. The van der Waals surface area contributed by atoms with Gasteiger partial charge in [-0.3, -0.25) is 19.4 Å². The molecule has 0 aliphatic carbocycles. The van der Waals surface area contributed by atoms with Crippen molar-refractivity contribution in [3.8, 4) is 0 Å². The molecule has 4 atom stereocenters. The minimum Gasteiger partial charge on any atom is -0.352 e. The number of carbonyl (C=O) groups excluding carboxylic acids is 3. The van der Waals surface area contributed by atoms with E-state index in [2.05, 4.69) is 26.2 Å². The largest absolute Gasteiger partial charge is 0.352 e. The molecule has 3 aromatic carbocycles. The van der Waals surface area contributed by atoms with Crippen LogP contribution in [0.15, 0.2) is 108 Å². The first-order valence-electron chi connectivity index (χ1n) is 12.7.